The van der Waals surface area contributed by atoms with Crippen LogP contribution in [-0.2, 0) is 0 Å². The van der Waals surface area contributed by atoms with Crippen LogP contribution < -0.4 is 4.74 Å². The van der Waals surface area contributed by atoms with Crippen molar-refractivity contribution in [1.29, 1.82) is 0 Å². The van der Waals surface area contributed by atoms with Crippen molar-refractivity contribution in [3.63, 3.8) is 0 Å². The van der Waals surface area contributed by atoms with Crippen LogP contribution >= 0.6 is 11.6 Å². The predicted molar refractivity (Wildman–Crippen MR) is 48.0 cm³/mol. The van der Waals surface area contributed by atoms with E-state index in [9.17, 15) is 4.79 Å². The van der Waals surface area contributed by atoms with Gasteiger partial charge in [0.1, 0.15) is 5.75 Å². The molecule has 0 aliphatic rings. The molecule has 0 saturated heterocycles. The molecule has 0 radical (unpaired) electrons. The van der Waals surface area contributed by atoms with E-state index in [0.717, 1.165) is 0 Å². The normalized spacial score (nSPS) is 9.50. The Labute approximate surface area is 76.1 Å². The van der Waals surface area contributed by atoms with Crippen LogP contribution in [0, 0.1) is 0 Å². The number of carbonyl (C=O) groups is 1. The first-order chi connectivity index (χ1) is 5.77. The largest absolute Gasteiger partial charge is 0.494 e. The standard InChI is InChI=1S/C9H9ClO2/c1-2-12-8-3-4-9(10)7(5-8)6-11/h3-6H,2H2,1H3. The van der Waals surface area contributed by atoms with Crippen LogP contribution in [0.1, 0.15) is 17.3 Å². The lowest BCUT2D eigenvalue weighted by atomic mass is 10.2. The zero-order valence-electron chi connectivity index (χ0n) is 6.71. The summed E-state index contributed by atoms with van der Waals surface area (Å²) < 4.78 is 5.19. The molecule has 2 nitrogen and oxygen atoms in total. The van der Waals surface area contributed by atoms with Crippen LogP contribution in [0.4, 0.5) is 0 Å². The molecule has 0 aliphatic heterocycles. The number of hydrogen-bond donors (Lipinski definition) is 0. The fourth-order valence-electron chi connectivity index (χ4n) is 0.869. The molecule has 64 valence electrons. The number of ether oxygens (including phenoxy) is 1. The van der Waals surface area contributed by atoms with Gasteiger partial charge in [-0.1, -0.05) is 11.6 Å². The van der Waals surface area contributed by atoms with Gasteiger partial charge in [0.05, 0.1) is 11.6 Å². The van der Waals surface area contributed by atoms with Gasteiger partial charge in [-0.2, -0.15) is 0 Å². The van der Waals surface area contributed by atoms with E-state index in [0.29, 0.717) is 29.2 Å². The van der Waals surface area contributed by atoms with Crippen molar-refractivity contribution in [2.45, 2.75) is 6.92 Å². The molecule has 0 unspecified atom stereocenters. The molecular weight excluding hydrogens is 176 g/mol. The maximum absolute atomic E-state index is 10.4. The number of carbonyl (C=O) groups excluding carboxylic acids is 1. The van der Waals surface area contributed by atoms with Gasteiger partial charge in [-0.3, -0.25) is 4.79 Å². The zero-order valence-corrected chi connectivity index (χ0v) is 7.47. The Bertz CT molecular complexity index is 284. The smallest absolute Gasteiger partial charge is 0.151 e. The molecule has 0 fully saturated rings. The Balaban J connectivity index is 2.96. The fourth-order valence-corrected chi connectivity index (χ4v) is 1.03. The van der Waals surface area contributed by atoms with Crippen molar-refractivity contribution >= 4 is 17.9 Å². The van der Waals surface area contributed by atoms with E-state index in [1.807, 2.05) is 6.92 Å². The minimum absolute atomic E-state index is 0.452. The van der Waals surface area contributed by atoms with Crippen molar-refractivity contribution in [2.75, 3.05) is 6.61 Å². The topological polar surface area (TPSA) is 26.3 Å². The Kier molecular flexibility index (Phi) is 3.11. The quantitative estimate of drug-likeness (QED) is 0.675. The maximum atomic E-state index is 10.4. The van der Waals surface area contributed by atoms with E-state index in [4.69, 9.17) is 16.3 Å². The molecule has 0 aromatic heterocycles. The highest BCUT2D eigenvalue weighted by molar-refractivity contribution is 6.32. The average Bonchev–Trinajstić information content (AvgIpc) is 2.09. The summed E-state index contributed by atoms with van der Waals surface area (Å²) in [7, 11) is 0. The monoisotopic (exact) mass is 184 g/mol. The lowest BCUT2D eigenvalue weighted by Gasteiger charge is -2.03. The van der Waals surface area contributed by atoms with Crippen LogP contribution in [0.3, 0.4) is 0 Å². The molecule has 1 rings (SSSR count). The first-order valence-electron chi connectivity index (χ1n) is 3.65. The second-order valence-electron chi connectivity index (χ2n) is 2.23. The number of aldehydes is 1. The predicted octanol–water partition coefficient (Wildman–Crippen LogP) is 2.55. The average molecular weight is 185 g/mol. The molecule has 0 saturated carbocycles. The molecule has 0 heterocycles. The van der Waals surface area contributed by atoms with Gasteiger partial charge in [0.15, 0.2) is 6.29 Å². The van der Waals surface area contributed by atoms with Crippen LogP contribution in [0.2, 0.25) is 5.02 Å². The molecule has 0 spiro atoms. The summed E-state index contributed by atoms with van der Waals surface area (Å²) in [6.45, 7) is 2.47. The van der Waals surface area contributed by atoms with E-state index in [1.54, 1.807) is 18.2 Å². The molecule has 0 bridgehead atoms. The lowest BCUT2D eigenvalue weighted by Crippen LogP contribution is -1.92. The minimum atomic E-state index is 0.452. The number of rotatable bonds is 3. The Hall–Kier alpha value is -1.02. The number of hydrogen-bond acceptors (Lipinski definition) is 2. The third-order valence-electron chi connectivity index (χ3n) is 1.41. The van der Waals surface area contributed by atoms with Crippen molar-refractivity contribution in [2.24, 2.45) is 0 Å². The molecular formula is C9H9ClO2. The summed E-state index contributed by atoms with van der Waals surface area (Å²) in [5.74, 6) is 0.670. The molecule has 0 amide bonds. The third kappa shape index (κ3) is 1.98. The molecule has 0 atom stereocenters. The van der Waals surface area contributed by atoms with E-state index in [2.05, 4.69) is 0 Å². The molecule has 3 heteroatoms. The van der Waals surface area contributed by atoms with Crippen LogP contribution in [-0.4, -0.2) is 12.9 Å². The summed E-state index contributed by atoms with van der Waals surface area (Å²) >= 11 is 5.71. The molecule has 12 heavy (non-hydrogen) atoms. The second kappa shape index (κ2) is 4.12. The Morgan fingerprint density at radius 1 is 1.58 bits per heavy atom. The summed E-state index contributed by atoms with van der Waals surface area (Å²) in [5.41, 5.74) is 0.461. The van der Waals surface area contributed by atoms with Crippen LogP contribution in [0.25, 0.3) is 0 Å². The first-order valence-corrected chi connectivity index (χ1v) is 4.03. The zero-order chi connectivity index (χ0) is 8.97. The van der Waals surface area contributed by atoms with Crippen molar-refractivity contribution in [3.8, 4) is 5.75 Å². The highest BCUT2D eigenvalue weighted by atomic mass is 35.5. The number of benzene rings is 1. The number of halogens is 1. The minimum Gasteiger partial charge on any atom is -0.494 e. The SMILES string of the molecule is CCOc1ccc(Cl)c(C=O)c1. The van der Waals surface area contributed by atoms with E-state index < -0.39 is 0 Å². The molecule has 0 aliphatic carbocycles. The van der Waals surface area contributed by atoms with Crippen molar-refractivity contribution < 1.29 is 9.53 Å². The maximum Gasteiger partial charge on any atom is 0.151 e. The summed E-state index contributed by atoms with van der Waals surface area (Å²) in [5, 5.41) is 0.452. The molecule has 1 aromatic carbocycles. The Morgan fingerprint density at radius 3 is 2.92 bits per heavy atom. The molecule has 1 aromatic rings. The van der Waals surface area contributed by atoms with E-state index in [-0.39, 0.29) is 0 Å². The lowest BCUT2D eigenvalue weighted by molar-refractivity contribution is 0.112. The summed E-state index contributed by atoms with van der Waals surface area (Å²) in [4.78, 5) is 10.4. The van der Waals surface area contributed by atoms with Gasteiger partial charge in [-0.15, -0.1) is 0 Å². The van der Waals surface area contributed by atoms with Gasteiger partial charge >= 0.3 is 0 Å². The summed E-state index contributed by atoms with van der Waals surface area (Å²) in [6.07, 6.45) is 0.713. The van der Waals surface area contributed by atoms with Crippen molar-refractivity contribution in [3.05, 3.63) is 28.8 Å². The van der Waals surface area contributed by atoms with Crippen LogP contribution in [0.5, 0.6) is 5.75 Å². The van der Waals surface area contributed by atoms with Gasteiger partial charge in [0, 0.05) is 5.56 Å². The first kappa shape index (κ1) is 9.07. The van der Waals surface area contributed by atoms with E-state index >= 15 is 0 Å². The van der Waals surface area contributed by atoms with Gasteiger partial charge in [-0.05, 0) is 25.1 Å². The highest BCUT2D eigenvalue weighted by Crippen LogP contribution is 2.20. The highest BCUT2D eigenvalue weighted by Gasteiger charge is 2.00. The van der Waals surface area contributed by atoms with Gasteiger partial charge in [0.2, 0.25) is 0 Å². The second-order valence-corrected chi connectivity index (χ2v) is 2.64. The Morgan fingerprint density at radius 2 is 2.33 bits per heavy atom. The fraction of sp³-hybridized carbons (Fsp3) is 0.222. The van der Waals surface area contributed by atoms with Gasteiger partial charge in [0.25, 0.3) is 0 Å². The van der Waals surface area contributed by atoms with Crippen molar-refractivity contribution in [1.82, 2.24) is 0 Å². The van der Waals surface area contributed by atoms with Gasteiger partial charge in [-0.25, -0.2) is 0 Å². The van der Waals surface area contributed by atoms with Crippen LogP contribution in [0.15, 0.2) is 18.2 Å². The van der Waals surface area contributed by atoms with Gasteiger partial charge < -0.3 is 4.74 Å². The van der Waals surface area contributed by atoms with E-state index in [1.165, 1.54) is 0 Å². The summed E-state index contributed by atoms with van der Waals surface area (Å²) in [6, 6.07) is 5.01. The third-order valence-corrected chi connectivity index (χ3v) is 1.75. The molecule has 0 N–H and O–H groups in total.